The van der Waals surface area contributed by atoms with Gasteiger partial charge in [-0.2, -0.15) is 0 Å². The van der Waals surface area contributed by atoms with E-state index in [-0.39, 0.29) is 61.7 Å². The van der Waals surface area contributed by atoms with Gasteiger partial charge in [-0.15, -0.1) is 0 Å². The molecule has 9 heteroatoms. The first-order chi connectivity index (χ1) is 13.5. The van der Waals surface area contributed by atoms with Gasteiger partial charge in [0.05, 0.1) is 6.04 Å². The van der Waals surface area contributed by atoms with Crippen LogP contribution in [-0.4, -0.2) is 60.1 Å². The van der Waals surface area contributed by atoms with Crippen LogP contribution in [0.5, 0.6) is 0 Å². The van der Waals surface area contributed by atoms with Crippen LogP contribution in [0.2, 0.25) is 0 Å². The third-order valence-electron chi connectivity index (χ3n) is 4.28. The van der Waals surface area contributed by atoms with Crippen LogP contribution in [0, 0.1) is 0 Å². The number of Topliss-reactive ketones (excluding diaryl/α,β-unsaturated/α-hetero) is 4. The standard InChI is InChI=1S/C20H33N3O6/c1-12(24)6-8-17(21-5)19(28)23-18(9-7-13(2)25)20(29)22-16(10-14(3)26)11-15(4)27/h16-18,21H,6-11H2,1-5H3,(H,22,29)(H,23,28). The Morgan fingerprint density at radius 1 is 0.621 bits per heavy atom. The van der Waals surface area contributed by atoms with Crippen molar-refractivity contribution in [3.63, 3.8) is 0 Å². The van der Waals surface area contributed by atoms with Crippen molar-refractivity contribution in [2.75, 3.05) is 7.05 Å². The van der Waals surface area contributed by atoms with Crippen molar-refractivity contribution in [2.24, 2.45) is 0 Å². The second-order valence-corrected chi connectivity index (χ2v) is 7.40. The van der Waals surface area contributed by atoms with Gasteiger partial charge < -0.3 is 25.5 Å². The molecule has 0 radical (unpaired) electrons. The summed E-state index contributed by atoms with van der Waals surface area (Å²) in [5, 5.41) is 8.05. The molecule has 0 aliphatic heterocycles. The average Bonchev–Trinajstić information content (AvgIpc) is 2.57. The van der Waals surface area contributed by atoms with Crippen molar-refractivity contribution < 1.29 is 28.8 Å². The quantitative estimate of drug-likeness (QED) is 0.351. The molecule has 0 aliphatic rings. The number of ketones is 4. The van der Waals surface area contributed by atoms with Gasteiger partial charge in [-0.1, -0.05) is 0 Å². The maximum atomic E-state index is 12.7. The summed E-state index contributed by atoms with van der Waals surface area (Å²) in [5.74, 6) is -1.58. The Morgan fingerprint density at radius 3 is 1.41 bits per heavy atom. The van der Waals surface area contributed by atoms with Crippen molar-refractivity contribution in [3.05, 3.63) is 0 Å². The summed E-state index contributed by atoms with van der Waals surface area (Å²) in [7, 11) is 1.57. The fourth-order valence-electron chi connectivity index (χ4n) is 2.81. The average molecular weight is 411 g/mol. The highest BCUT2D eigenvalue weighted by molar-refractivity contribution is 5.91. The SMILES string of the molecule is CNC(CCC(C)=O)C(=O)NC(CCC(C)=O)C(=O)NC(CC(C)=O)CC(C)=O. The van der Waals surface area contributed by atoms with Crippen LogP contribution in [0.1, 0.15) is 66.2 Å². The monoisotopic (exact) mass is 411 g/mol. The van der Waals surface area contributed by atoms with Crippen molar-refractivity contribution in [1.82, 2.24) is 16.0 Å². The normalized spacial score (nSPS) is 12.8. The second-order valence-electron chi connectivity index (χ2n) is 7.40. The number of rotatable bonds is 15. The zero-order valence-corrected chi connectivity index (χ0v) is 17.9. The molecule has 164 valence electrons. The van der Waals surface area contributed by atoms with Crippen LogP contribution in [0.25, 0.3) is 0 Å². The number of carbonyl (C=O) groups excluding carboxylic acids is 6. The molecule has 0 bridgehead atoms. The van der Waals surface area contributed by atoms with Crippen molar-refractivity contribution in [2.45, 2.75) is 84.3 Å². The summed E-state index contributed by atoms with van der Waals surface area (Å²) in [5.41, 5.74) is 0. The maximum Gasteiger partial charge on any atom is 0.242 e. The molecule has 2 atom stereocenters. The van der Waals surface area contributed by atoms with E-state index in [0.29, 0.717) is 0 Å². The fourth-order valence-corrected chi connectivity index (χ4v) is 2.81. The lowest BCUT2D eigenvalue weighted by atomic mass is 10.0. The van der Waals surface area contributed by atoms with Gasteiger partial charge in [-0.25, -0.2) is 0 Å². The third-order valence-corrected chi connectivity index (χ3v) is 4.28. The molecule has 0 saturated heterocycles. The largest absolute Gasteiger partial charge is 0.351 e. The van der Waals surface area contributed by atoms with Gasteiger partial charge in [0.2, 0.25) is 11.8 Å². The van der Waals surface area contributed by atoms with E-state index in [2.05, 4.69) is 16.0 Å². The van der Waals surface area contributed by atoms with E-state index in [1.807, 2.05) is 0 Å². The lowest BCUT2D eigenvalue weighted by Gasteiger charge is -2.24. The van der Waals surface area contributed by atoms with Gasteiger partial charge in [0, 0.05) is 31.7 Å². The smallest absolute Gasteiger partial charge is 0.242 e. The molecule has 0 aromatic carbocycles. The van der Waals surface area contributed by atoms with Crippen LogP contribution in [-0.2, 0) is 28.8 Å². The summed E-state index contributed by atoms with van der Waals surface area (Å²) >= 11 is 0. The van der Waals surface area contributed by atoms with Crippen molar-refractivity contribution >= 4 is 34.9 Å². The van der Waals surface area contributed by atoms with Crippen molar-refractivity contribution in [1.29, 1.82) is 0 Å². The molecule has 3 N–H and O–H groups in total. The zero-order chi connectivity index (χ0) is 22.6. The van der Waals surface area contributed by atoms with Crippen LogP contribution < -0.4 is 16.0 Å². The Morgan fingerprint density at radius 2 is 1.03 bits per heavy atom. The van der Waals surface area contributed by atoms with Gasteiger partial charge in [-0.05, 0) is 47.6 Å². The molecule has 0 heterocycles. The molecule has 2 unspecified atom stereocenters. The molecule has 0 saturated carbocycles. The number of nitrogens with one attached hydrogen (secondary N) is 3. The van der Waals surface area contributed by atoms with Gasteiger partial charge in [0.15, 0.2) is 0 Å². The van der Waals surface area contributed by atoms with Gasteiger partial charge in [0.25, 0.3) is 0 Å². The van der Waals surface area contributed by atoms with E-state index in [4.69, 9.17) is 0 Å². The van der Waals surface area contributed by atoms with E-state index >= 15 is 0 Å². The number of likely N-dealkylation sites (N-methyl/N-ethyl adjacent to an activating group) is 1. The Kier molecular flexibility index (Phi) is 12.6. The summed E-state index contributed by atoms with van der Waals surface area (Å²) < 4.78 is 0. The predicted molar refractivity (Wildman–Crippen MR) is 107 cm³/mol. The van der Waals surface area contributed by atoms with E-state index in [1.54, 1.807) is 7.05 Å². The minimum Gasteiger partial charge on any atom is -0.351 e. The van der Waals surface area contributed by atoms with Gasteiger partial charge >= 0.3 is 0 Å². The lowest BCUT2D eigenvalue weighted by molar-refractivity contribution is -0.131. The first-order valence-corrected chi connectivity index (χ1v) is 9.72. The molecule has 9 nitrogen and oxygen atoms in total. The molecule has 29 heavy (non-hydrogen) atoms. The molecule has 0 aromatic heterocycles. The first-order valence-electron chi connectivity index (χ1n) is 9.72. The predicted octanol–water partition coefficient (Wildman–Crippen LogP) is 0.241. The fraction of sp³-hybridized carbons (Fsp3) is 0.700. The third kappa shape index (κ3) is 12.6. The summed E-state index contributed by atoms with van der Waals surface area (Å²) in [6, 6.07) is -2.34. The van der Waals surface area contributed by atoms with Gasteiger partial charge in [-0.3, -0.25) is 19.2 Å². The van der Waals surface area contributed by atoms with Crippen LogP contribution in [0.4, 0.5) is 0 Å². The Hall–Kier alpha value is -2.42. The highest BCUT2D eigenvalue weighted by Crippen LogP contribution is 2.06. The molecule has 0 aromatic rings. The number of amides is 2. The summed E-state index contributed by atoms with van der Waals surface area (Å²) in [4.78, 5) is 70.6. The zero-order valence-electron chi connectivity index (χ0n) is 17.9. The summed E-state index contributed by atoms with van der Waals surface area (Å²) in [6.07, 6.45) is 0.647. The van der Waals surface area contributed by atoms with Crippen LogP contribution >= 0.6 is 0 Å². The van der Waals surface area contributed by atoms with Crippen LogP contribution in [0.15, 0.2) is 0 Å². The molecular weight excluding hydrogens is 378 g/mol. The van der Waals surface area contributed by atoms with E-state index in [1.165, 1.54) is 27.7 Å². The molecule has 0 spiro atoms. The van der Waals surface area contributed by atoms with Crippen LogP contribution in [0.3, 0.4) is 0 Å². The summed E-state index contributed by atoms with van der Waals surface area (Å²) in [6.45, 7) is 5.54. The molecule has 0 aliphatic carbocycles. The lowest BCUT2D eigenvalue weighted by Crippen LogP contribution is -2.54. The van der Waals surface area contributed by atoms with E-state index < -0.39 is 29.9 Å². The topological polar surface area (TPSA) is 139 Å². The Bertz CT molecular complexity index is 616. The van der Waals surface area contributed by atoms with E-state index in [9.17, 15) is 28.8 Å². The minimum atomic E-state index is -0.999. The highest BCUT2D eigenvalue weighted by atomic mass is 16.2. The second kappa shape index (κ2) is 13.7. The number of hydrogen-bond acceptors (Lipinski definition) is 7. The Labute approximate surface area is 171 Å². The molecule has 0 rings (SSSR count). The number of hydrogen-bond donors (Lipinski definition) is 3. The minimum absolute atomic E-state index is 0.00352. The van der Waals surface area contributed by atoms with Gasteiger partial charge in [0.1, 0.15) is 29.2 Å². The maximum absolute atomic E-state index is 12.7. The molecular formula is C20H33N3O6. The molecule has 2 amide bonds. The number of carbonyl (C=O) groups is 6. The first kappa shape index (κ1) is 26.6. The molecule has 0 fully saturated rings. The van der Waals surface area contributed by atoms with Crippen molar-refractivity contribution in [3.8, 4) is 0 Å². The highest BCUT2D eigenvalue weighted by Gasteiger charge is 2.27. The van der Waals surface area contributed by atoms with E-state index in [0.717, 1.165) is 0 Å². The Balaban J connectivity index is 5.24.